The molecule has 0 spiro atoms. The number of rotatable bonds is 6. The van der Waals surface area contributed by atoms with Gasteiger partial charge in [-0.25, -0.2) is 0 Å². The summed E-state index contributed by atoms with van der Waals surface area (Å²) >= 11 is 5.72. The van der Waals surface area contributed by atoms with Crippen LogP contribution in [-0.2, 0) is 14.3 Å². The molecule has 0 fully saturated rings. The van der Waals surface area contributed by atoms with Crippen LogP contribution in [0.5, 0.6) is 0 Å². The highest BCUT2D eigenvalue weighted by atomic mass is 35.5. The number of aliphatic hydroxyl groups excluding tert-OH is 1. The summed E-state index contributed by atoms with van der Waals surface area (Å²) < 4.78 is 4.66. The lowest BCUT2D eigenvalue weighted by atomic mass is 10.0. The van der Waals surface area contributed by atoms with Crippen molar-refractivity contribution >= 4 is 23.4 Å². The lowest BCUT2D eigenvalue weighted by Gasteiger charge is -2.10. The lowest BCUT2D eigenvalue weighted by Crippen LogP contribution is -2.13. The monoisotopic (exact) mass is 270 g/mol. The van der Waals surface area contributed by atoms with E-state index in [1.807, 2.05) is 0 Å². The molecule has 0 aliphatic carbocycles. The van der Waals surface area contributed by atoms with Gasteiger partial charge in [0.25, 0.3) is 0 Å². The Bertz CT molecular complexity index is 414. The number of carbonyl (C=O) groups is 2. The SMILES string of the molecule is CCOC(=O)CC(=O)CC(O)c1ccc(Cl)cc1. The van der Waals surface area contributed by atoms with E-state index >= 15 is 0 Å². The Morgan fingerprint density at radius 2 is 1.94 bits per heavy atom. The van der Waals surface area contributed by atoms with Gasteiger partial charge in [-0.1, -0.05) is 23.7 Å². The first kappa shape index (κ1) is 14.7. The molecule has 0 bridgehead atoms. The smallest absolute Gasteiger partial charge is 0.313 e. The van der Waals surface area contributed by atoms with Gasteiger partial charge in [-0.05, 0) is 24.6 Å². The number of hydrogen-bond donors (Lipinski definition) is 1. The quantitative estimate of drug-likeness (QED) is 0.636. The second kappa shape index (κ2) is 7.13. The number of ether oxygens (including phenoxy) is 1. The molecule has 1 unspecified atom stereocenters. The van der Waals surface area contributed by atoms with Gasteiger partial charge in [-0.3, -0.25) is 9.59 Å². The number of ketones is 1. The van der Waals surface area contributed by atoms with Gasteiger partial charge in [0.2, 0.25) is 0 Å². The number of Topliss-reactive ketones (excluding diaryl/α,β-unsaturated/α-hetero) is 1. The van der Waals surface area contributed by atoms with E-state index in [0.717, 1.165) is 0 Å². The second-order valence-corrected chi connectivity index (χ2v) is 4.23. The Kier molecular flexibility index (Phi) is 5.82. The average Bonchev–Trinajstić information content (AvgIpc) is 2.29. The minimum Gasteiger partial charge on any atom is -0.466 e. The minimum atomic E-state index is -0.927. The van der Waals surface area contributed by atoms with Crippen LogP contribution in [0.3, 0.4) is 0 Å². The van der Waals surface area contributed by atoms with Crippen molar-refractivity contribution in [3.8, 4) is 0 Å². The largest absolute Gasteiger partial charge is 0.466 e. The van der Waals surface area contributed by atoms with Gasteiger partial charge in [0.15, 0.2) is 0 Å². The summed E-state index contributed by atoms with van der Waals surface area (Å²) in [5, 5.41) is 10.4. The molecule has 1 aromatic carbocycles. The molecule has 0 heterocycles. The summed E-state index contributed by atoms with van der Waals surface area (Å²) in [7, 11) is 0. The van der Waals surface area contributed by atoms with Crippen molar-refractivity contribution in [3.63, 3.8) is 0 Å². The summed E-state index contributed by atoms with van der Waals surface area (Å²) in [4.78, 5) is 22.6. The van der Waals surface area contributed by atoms with E-state index < -0.39 is 12.1 Å². The highest BCUT2D eigenvalue weighted by Crippen LogP contribution is 2.19. The van der Waals surface area contributed by atoms with Crippen molar-refractivity contribution < 1.29 is 19.4 Å². The van der Waals surface area contributed by atoms with Crippen LogP contribution in [0, 0.1) is 0 Å². The molecule has 98 valence electrons. The Hall–Kier alpha value is -1.39. The zero-order valence-corrected chi connectivity index (χ0v) is 10.8. The maximum Gasteiger partial charge on any atom is 0.313 e. The van der Waals surface area contributed by atoms with Crippen LogP contribution in [0.4, 0.5) is 0 Å². The maximum absolute atomic E-state index is 11.5. The standard InChI is InChI=1S/C13H15ClO4/c1-2-18-13(17)8-11(15)7-12(16)9-3-5-10(14)6-4-9/h3-6,12,16H,2,7-8H2,1H3. The zero-order valence-electron chi connectivity index (χ0n) is 10.1. The molecule has 18 heavy (non-hydrogen) atoms. The third-order valence-electron chi connectivity index (χ3n) is 2.32. The normalized spacial score (nSPS) is 11.9. The Labute approximate surface area is 111 Å². The van der Waals surface area contributed by atoms with Crippen LogP contribution in [0.15, 0.2) is 24.3 Å². The van der Waals surface area contributed by atoms with Crippen molar-refractivity contribution in [2.45, 2.75) is 25.9 Å². The van der Waals surface area contributed by atoms with Gasteiger partial charge < -0.3 is 9.84 Å². The highest BCUT2D eigenvalue weighted by molar-refractivity contribution is 6.30. The number of benzene rings is 1. The van der Waals surface area contributed by atoms with E-state index in [1.54, 1.807) is 31.2 Å². The maximum atomic E-state index is 11.5. The van der Waals surface area contributed by atoms with Crippen molar-refractivity contribution in [2.75, 3.05) is 6.61 Å². The molecule has 0 amide bonds. The van der Waals surface area contributed by atoms with Crippen molar-refractivity contribution in [2.24, 2.45) is 0 Å². The molecule has 0 aliphatic heterocycles. The van der Waals surface area contributed by atoms with Gasteiger partial charge in [0, 0.05) is 11.4 Å². The zero-order chi connectivity index (χ0) is 13.5. The summed E-state index contributed by atoms with van der Waals surface area (Å²) in [5.74, 6) is -0.915. The summed E-state index contributed by atoms with van der Waals surface area (Å²) in [6.07, 6.45) is -1.34. The molecular weight excluding hydrogens is 256 g/mol. The summed E-state index contributed by atoms with van der Waals surface area (Å²) in [6.45, 7) is 1.91. The molecule has 1 aromatic rings. The third kappa shape index (κ3) is 4.85. The van der Waals surface area contributed by atoms with Crippen LogP contribution in [0.25, 0.3) is 0 Å². The van der Waals surface area contributed by atoms with E-state index in [2.05, 4.69) is 4.74 Å². The first-order valence-electron chi connectivity index (χ1n) is 5.63. The van der Waals surface area contributed by atoms with Gasteiger partial charge >= 0.3 is 5.97 Å². The fraction of sp³-hybridized carbons (Fsp3) is 0.385. The Morgan fingerprint density at radius 1 is 1.33 bits per heavy atom. The van der Waals surface area contributed by atoms with Crippen LogP contribution in [0.2, 0.25) is 5.02 Å². The fourth-order valence-corrected chi connectivity index (χ4v) is 1.59. The highest BCUT2D eigenvalue weighted by Gasteiger charge is 2.16. The second-order valence-electron chi connectivity index (χ2n) is 3.79. The summed E-state index contributed by atoms with van der Waals surface area (Å²) in [6, 6.07) is 6.56. The molecule has 5 heteroatoms. The van der Waals surface area contributed by atoms with Crippen LogP contribution >= 0.6 is 11.6 Å². The minimum absolute atomic E-state index is 0.111. The van der Waals surface area contributed by atoms with E-state index in [-0.39, 0.29) is 25.2 Å². The number of halogens is 1. The predicted molar refractivity (Wildman–Crippen MR) is 67.3 cm³/mol. The van der Waals surface area contributed by atoms with Crippen LogP contribution < -0.4 is 0 Å². The van der Waals surface area contributed by atoms with E-state index in [9.17, 15) is 14.7 Å². The first-order chi connectivity index (χ1) is 8.52. The predicted octanol–water partition coefficient (Wildman–Crippen LogP) is 2.29. The van der Waals surface area contributed by atoms with Gasteiger partial charge in [0.05, 0.1) is 12.7 Å². The Morgan fingerprint density at radius 3 is 2.50 bits per heavy atom. The number of aliphatic hydroxyl groups is 1. The molecule has 1 N–H and O–H groups in total. The molecule has 0 aliphatic rings. The molecule has 4 nitrogen and oxygen atoms in total. The fourth-order valence-electron chi connectivity index (χ4n) is 1.46. The molecule has 0 saturated heterocycles. The first-order valence-corrected chi connectivity index (χ1v) is 6.01. The van der Waals surface area contributed by atoms with Gasteiger partial charge in [-0.15, -0.1) is 0 Å². The Balaban J connectivity index is 2.49. The molecule has 0 saturated carbocycles. The van der Waals surface area contributed by atoms with E-state index in [0.29, 0.717) is 10.6 Å². The molecule has 0 radical (unpaired) electrons. The van der Waals surface area contributed by atoms with Crippen LogP contribution in [-0.4, -0.2) is 23.5 Å². The number of carbonyl (C=O) groups excluding carboxylic acids is 2. The van der Waals surface area contributed by atoms with Crippen LogP contribution in [0.1, 0.15) is 31.4 Å². The van der Waals surface area contributed by atoms with Crippen molar-refractivity contribution in [1.82, 2.24) is 0 Å². The molecular formula is C13H15ClO4. The van der Waals surface area contributed by atoms with Gasteiger partial charge in [-0.2, -0.15) is 0 Å². The number of esters is 1. The van der Waals surface area contributed by atoms with E-state index in [4.69, 9.17) is 11.6 Å². The molecule has 1 rings (SSSR count). The van der Waals surface area contributed by atoms with Crippen molar-refractivity contribution in [1.29, 1.82) is 0 Å². The van der Waals surface area contributed by atoms with Gasteiger partial charge in [0.1, 0.15) is 12.2 Å². The topological polar surface area (TPSA) is 63.6 Å². The number of hydrogen-bond acceptors (Lipinski definition) is 4. The van der Waals surface area contributed by atoms with Crippen molar-refractivity contribution in [3.05, 3.63) is 34.9 Å². The molecule has 1 atom stereocenters. The van der Waals surface area contributed by atoms with E-state index in [1.165, 1.54) is 0 Å². The summed E-state index contributed by atoms with van der Waals surface area (Å²) in [5.41, 5.74) is 0.594. The average molecular weight is 271 g/mol. The third-order valence-corrected chi connectivity index (χ3v) is 2.57. The lowest BCUT2D eigenvalue weighted by molar-refractivity contribution is -0.145. The molecule has 0 aromatic heterocycles.